The van der Waals surface area contributed by atoms with E-state index < -0.39 is 0 Å². The molecule has 1 saturated carbocycles. The lowest BCUT2D eigenvalue weighted by atomic mass is 9.87. The minimum atomic E-state index is -0.372. The molecule has 0 unspecified atom stereocenters. The van der Waals surface area contributed by atoms with Gasteiger partial charge in [-0.1, -0.05) is 18.2 Å². The molecule has 0 spiro atoms. The van der Waals surface area contributed by atoms with Crippen LogP contribution in [0.3, 0.4) is 0 Å². The number of piperidine rings is 1. The van der Waals surface area contributed by atoms with Crippen LogP contribution >= 0.6 is 11.9 Å². The van der Waals surface area contributed by atoms with E-state index in [1.54, 1.807) is 6.20 Å². The number of aromatic nitrogens is 2. The van der Waals surface area contributed by atoms with Crippen molar-refractivity contribution in [1.29, 1.82) is 0 Å². The number of benzene rings is 2. The molecular formula is C26H30N4O5S. The van der Waals surface area contributed by atoms with Gasteiger partial charge < -0.3 is 30.0 Å². The first-order valence-electron chi connectivity index (χ1n) is 11.7. The molecule has 0 atom stereocenters. The highest BCUT2D eigenvalue weighted by atomic mass is 32.2. The van der Waals surface area contributed by atoms with Crippen molar-refractivity contribution in [3.05, 3.63) is 72.2 Å². The van der Waals surface area contributed by atoms with Crippen molar-refractivity contribution in [2.75, 3.05) is 24.6 Å². The van der Waals surface area contributed by atoms with E-state index in [2.05, 4.69) is 43.9 Å². The highest BCUT2D eigenvalue weighted by molar-refractivity contribution is 8.00. The monoisotopic (exact) mass is 510 g/mol. The van der Waals surface area contributed by atoms with Gasteiger partial charge in [-0.05, 0) is 85.0 Å². The highest BCUT2D eigenvalue weighted by Gasteiger charge is 2.53. The smallest absolute Gasteiger partial charge is 0.233 e. The zero-order chi connectivity index (χ0) is 23.0. The van der Waals surface area contributed by atoms with E-state index in [1.807, 2.05) is 24.3 Å². The standard InChI is InChI=1S/C26H26N4O3S.2H2O/c31-25(26(10-11-26)20-3-6-22-23(15-20)33-17-32-22)30-13-8-19(9-14-30)18-1-4-21(5-2-18)34-29-24-7-12-27-16-28-24;;/h1-7,12,15-16,19H,8-11,13-14,17H2,(H,27,28,29);2*1H2. The average molecular weight is 511 g/mol. The number of hydrogen-bond donors (Lipinski definition) is 1. The zero-order valence-electron chi connectivity index (χ0n) is 19.8. The van der Waals surface area contributed by atoms with Crippen molar-refractivity contribution in [2.24, 2.45) is 0 Å². The Morgan fingerprint density at radius 2 is 1.75 bits per heavy atom. The van der Waals surface area contributed by atoms with Crippen LogP contribution in [0.15, 0.2) is 66.0 Å². The lowest BCUT2D eigenvalue weighted by Gasteiger charge is -2.35. The fourth-order valence-corrected chi connectivity index (χ4v) is 5.55. The summed E-state index contributed by atoms with van der Waals surface area (Å²) >= 11 is 1.54. The first-order valence-corrected chi connectivity index (χ1v) is 12.5. The molecule has 190 valence electrons. The molecule has 0 bridgehead atoms. The highest BCUT2D eigenvalue weighted by Crippen LogP contribution is 2.52. The molecule has 5 N–H and O–H groups in total. The van der Waals surface area contributed by atoms with Crippen molar-refractivity contribution in [1.82, 2.24) is 14.9 Å². The van der Waals surface area contributed by atoms with Gasteiger partial charge in [0.05, 0.1) is 5.41 Å². The molecule has 2 aliphatic heterocycles. The van der Waals surface area contributed by atoms with Crippen molar-refractivity contribution in [3.63, 3.8) is 0 Å². The van der Waals surface area contributed by atoms with Gasteiger partial charge in [-0.2, -0.15) is 0 Å². The summed E-state index contributed by atoms with van der Waals surface area (Å²) in [7, 11) is 0. The molecule has 2 fully saturated rings. The molecule has 6 rings (SSSR count). The largest absolute Gasteiger partial charge is 0.454 e. The second-order valence-corrected chi connectivity index (χ2v) is 9.96. The van der Waals surface area contributed by atoms with Crippen molar-refractivity contribution >= 4 is 23.7 Å². The van der Waals surface area contributed by atoms with Crippen molar-refractivity contribution < 1.29 is 25.2 Å². The van der Waals surface area contributed by atoms with Gasteiger partial charge in [-0.3, -0.25) is 4.79 Å². The summed E-state index contributed by atoms with van der Waals surface area (Å²) in [5, 5.41) is 0. The number of ether oxygens (including phenoxy) is 2. The van der Waals surface area contributed by atoms with Gasteiger partial charge in [0.2, 0.25) is 12.7 Å². The van der Waals surface area contributed by atoms with Crippen LogP contribution in [0.4, 0.5) is 5.82 Å². The Morgan fingerprint density at radius 3 is 2.44 bits per heavy atom. The van der Waals surface area contributed by atoms with Crippen LogP contribution < -0.4 is 14.2 Å². The van der Waals surface area contributed by atoms with E-state index >= 15 is 0 Å². The molecule has 0 radical (unpaired) electrons. The Morgan fingerprint density at radius 1 is 1.00 bits per heavy atom. The minimum absolute atomic E-state index is 0. The number of amides is 1. The quantitative estimate of drug-likeness (QED) is 0.503. The van der Waals surface area contributed by atoms with E-state index in [4.69, 9.17) is 9.47 Å². The molecule has 3 aliphatic rings. The molecule has 9 nitrogen and oxygen atoms in total. The molecule has 1 amide bonds. The maximum atomic E-state index is 13.5. The number of nitrogens with zero attached hydrogens (tertiary/aromatic N) is 3. The van der Waals surface area contributed by atoms with Crippen LogP contribution in [0.1, 0.15) is 42.7 Å². The molecule has 1 saturated heterocycles. The summed E-state index contributed by atoms with van der Waals surface area (Å²) in [4.78, 5) is 24.8. The van der Waals surface area contributed by atoms with E-state index in [9.17, 15) is 4.79 Å². The first kappa shape index (κ1) is 25.7. The number of hydrogen-bond acceptors (Lipinski definition) is 7. The minimum Gasteiger partial charge on any atom is -0.454 e. The second kappa shape index (κ2) is 10.7. The maximum absolute atomic E-state index is 13.5. The van der Waals surface area contributed by atoms with E-state index in [1.165, 1.54) is 23.8 Å². The molecule has 1 aromatic heterocycles. The molecule has 1 aliphatic carbocycles. The van der Waals surface area contributed by atoms with Crippen LogP contribution in [0.5, 0.6) is 11.5 Å². The second-order valence-electron chi connectivity index (χ2n) is 9.08. The predicted octanol–water partition coefficient (Wildman–Crippen LogP) is 3.11. The summed E-state index contributed by atoms with van der Waals surface area (Å²) in [5.74, 6) is 3.06. The van der Waals surface area contributed by atoms with Gasteiger partial charge in [0.15, 0.2) is 11.5 Å². The predicted molar refractivity (Wildman–Crippen MR) is 137 cm³/mol. The van der Waals surface area contributed by atoms with Gasteiger partial charge in [0, 0.05) is 24.2 Å². The van der Waals surface area contributed by atoms with Crippen molar-refractivity contribution in [3.8, 4) is 11.5 Å². The number of nitrogens with one attached hydrogen (secondary N) is 1. The zero-order valence-corrected chi connectivity index (χ0v) is 20.6. The molecule has 3 heterocycles. The van der Waals surface area contributed by atoms with E-state index in [0.717, 1.165) is 66.5 Å². The third-order valence-corrected chi connectivity index (χ3v) is 7.89. The van der Waals surface area contributed by atoms with E-state index in [0.29, 0.717) is 5.92 Å². The topological polar surface area (TPSA) is 140 Å². The molecule has 36 heavy (non-hydrogen) atoms. The Balaban J connectivity index is 0.00000152. The molecule has 2 aromatic carbocycles. The van der Waals surface area contributed by atoms with Gasteiger partial charge in [0.1, 0.15) is 12.1 Å². The molecular weight excluding hydrogens is 480 g/mol. The summed E-state index contributed by atoms with van der Waals surface area (Å²) in [6.45, 7) is 1.87. The maximum Gasteiger partial charge on any atom is 0.233 e. The lowest BCUT2D eigenvalue weighted by Crippen LogP contribution is -2.43. The number of carbonyl (C=O) groups excluding carboxylic acids is 1. The summed E-state index contributed by atoms with van der Waals surface area (Å²) in [6.07, 6.45) is 7.06. The normalized spacial score (nSPS) is 17.5. The van der Waals surface area contributed by atoms with Gasteiger partial charge in [-0.25, -0.2) is 9.97 Å². The average Bonchev–Trinajstić information content (AvgIpc) is 3.58. The SMILES string of the molecule is O.O.O=C(N1CCC(c2ccc(SNc3ccncn3)cc2)CC1)C1(c2ccc3c(c2)OCO3)CC1. The Bertz CT molecular complexity index is 1180. The summed E-state index contributed by atoms with van der Waals surface area (Å²) < 4.78 is 14.2. The fraction of sp³-hybridized carbons (Fsp3) is 0.346. The third-order valence-electron chi connectivity index (χ3n) is 7.07. The van der Waals surface area contributed by atoms with Crippen molar-refractivity contribution in [2.45, 2.75) is 41.9 Å². The van der Waals surface area contributed by atoms with Gasteiger partial charge in [-0.15, -0.1) is 0 Å². The fourth-order valence-electron chi connectivity index (χ4n) is 4.93. The number of anilines is 1. The number of fused-ring (bicyclic) bond motifs is 1. The third kappa shape index (κ3) is 4.97. The number of rotatable bonds is 6. The number of carbonyl (C=O) groups is 1. The van der Waals surface area contributed by atoms with Crippen LogP contribution in [0, 0.1) is 0 Å². The molecule has 3 aromatic rings. The van der Waals surface area contributed by atoms with Crippen LogP contribution in [-0.2, 0) is 10.2 Å². The Labute approximate surface area is 214 Å². The lowest BCUT2D eigenvalue weighted by molar-refractivity contribution is -0.135. The van der Waals surface area contributed by atoms with Gasteiger partial charge in [0.25, 0.3) is 0 Å². The summed E-state index contributed by atoms with van der Waals surface area (Å²) in [6, 6.07) is 16.5. The van der Waals surface area contributed by atoms with Crippen LogP contribution in [-0.4, -0.2) is 51.6 Å². The molecule has 10 heteroatoms. The number of likely N-dealkylation sites (tertiary alicyclic amines) is 1. The van der Waals surface area contributed by atoms with E-state index in [-0.39, 0.29) is 29.1 Å². The van der Waals surface area contributed by atoms with Crippen LogP contribution in [0.2, 0.25) is 0 Å². The Hall–Kier alpha value is -3.34. The summed E-state index contributed by atoms with van der Waals surface area (Å²) in [5.41, 5.74) is 2.03. The Kier molecular flexibility index (Phi) is 7.67. The first-order chi connectivity index (χ1) is 16.7. The van der Waals surface area contributed by atoms with Gasteiger partial charge >= 0.3 is 0 Å². The van der Waals surface area contributed by atoms with Crippen LogP contribution in [0.25, 0.3) is 0 Å².